The number of imidazole rings is 1. The van der Waals surface area contributed by atoms with Gasteiger partial charge in [-0.15, -0.1) is 10.2 Å². The van der Waals surface area contributed by atoms with Gasteiger partial charge in [-0.2, -0.15) is 0 Å². The highest BCUT2D eigenvalue weighted by Gasteiger charge is 2.41. The topological polar surface area (TPSA) is 131 Å². The van der Waals surface area contributed by atoms with Gasteiger partial charge in [-0.3, -0.25) is 9.20 Å². The van der Waals surface area contributed by atoms with Crippen molar-refractivity contribution >= 4 is 38.5 Å². The molecule has 1 aliphatic carbocycles. The average Bonchev–Trinajstić information content (AvgIpc) is 3.21. The number of carbonyl (C=O) groups excluding carboxylic acids is 1. The summed E-state index contributed by atoms with van der Waals surface area (Å²) in [6.07, 6.45) is 0.862. The molecule has 1 unspecified atom stereocenters. The van der Waals surface area contributed by atoms with E-state index < -0.39 is 33.1 Å². The minimum atomic E-state index is -3.92. The number of likely N-dealkylation sites (N-methyl/N-ethyl adjacent to an activating group) is 1. The van der Waals surface area contributed by atoms with Crippen molar-refractivity contribution in [2.75, 3.05) is 31.6 Å². The molecule has 0 radical (unpaired) electrons. The Morgan fingerprint density at radius 1 is 1.34 bits per heavy atom. The van der Waals surface area contributed by atoms with Crippen molar-refractivity contribution in [3.63, 3.8) is 0 Å². The second kappa shape index (κ2) is 8.72. The van der Waals surface area contributed by atoms with E-state index in [1.165, 1.54) is 29.9 Å². The lowest BCUT2D eigenvalue weighted by Crippen LogP contribution is -2.49. The van der Waals surface area contributed by atoms with Crippen molar-refractivity contribution in [3.05, 3.63) is 23.5 Å². The molecule has 15 heteroatoms. The predicted octanol–water partition coefficient (Wildman–Crippen LogP) is 1.57. The van der Waals surface area contributed by atoms with Gasteiger partial charge in [0.15, 0.2) is 21.9 Å². The van der Waals surface area contributed by atoms with E-state index in [4.69, 9.17) is 4.74 Å². The van der Waals surface area contributed by atoms with E-state index >= 15 is 0 Å². The van der Waals surface area contributed by atoms with Crippen LogP contribution in [0.15, 0.2) is 23.4 Å². The molecule has 1 atom stereocenters. The highest BCUT2D eigenvalue weighted by Crippen LogP contribution is 2.37. The third kappa shape index (κ3) is 4.60. The number of rotatable bonds is 7. The molecule has 1 saturated heterocycles. The minimum Gasteiger partial charge on any atom is -0.365 e. The molecule has 3 aromatic rings. The van der Waals surface area contributed by atoms with Gasteiger partial charge in [0.05, 0.1) is 30.6 Å². The van der Waals surface area contributed by atoms with E-state index in [1.54, 1.807) is 0 Å². The lowest BCUT2D eigenvalue weighted by Gasteiger charge is -2.34. The zero-order valence-electron chi connectivity index (χ0n) is 18.9. The Morgan fingerprint density at radius 3 is 2.77 bits per heavy atom. The van der Waals surface area contributed by atoms with Crippen LogP contribution in [0.25, 0.3) is 16.3 Å². The second-order valence-electron chi connectivity index (χ2n) is 8.73. The van der Waals surface area contributed by atoms with Crippen molar-refractivity contribution in [1.82, 2.24) is 29.6 Å². The molecular weight excluding hydrogens is 504 g/mol. The van der Waals surface area contributed by atoms with Crippen LogP contribution in [0, 0.1) is 0 Å². The number of sulfonamides is 1. The largest absolute Gasteiger partial charge is 0.365 e. The molecule has 2 N–H and O–H groups in total. The number of pyridine rings is 1. The van der Waals surface area contributed by atoms with Crippen LogP contribution < -0.4 is 14.9 Å². The monoisotopic (exact) mass is 527 g/mol. The third-order valence-corrected chi connectivity index (χ3v) is 8.58. The number of amides is 1. The van der Waals surface area contributed by atoms with Crippen LogP contribution in [0.1, 0.15) is 31.2 Å². The number of morpholine rings is 1. The summed E-state index contributed by atoms with van der Waals surface area (Å²) in [5.74, 6) is -0.100. The number of ether oxygens (including phenoxy) is 1. The molecule has 11 nitrogen and oxygen atoms in total. The van der Waals surface area contributed by atoms with Crippen molar-refractivity contribution in [3.8, 4) is 10.8 Å². The summed E-state index contributed by atoms with van der Waals surface area (Å²) in [4.78, 5) is 18.4. The van der Waals surface area contributed by atoms with Crippen molar-refractivity contribution in [2.24, 2.45) is 0 Å². The number of hydrogen-bond acceptors (Lipinski definition) is 9. The number of hydrogen-bond donors (Lipinski definition) is 2. The minimum absolute atomic E-state index is 0.0195. The van der Waals surface area contributed by atoms with E-state index in [0.29, 0.717) is 29.1 Å². The number of fused-ring (bicyclic) bond motifs is 1. The van der Waals surface area contributed by atoms with Crippen molar-refractivity contribution in [1.29, 1.82) is 0 Å². The molecule has 188 valence electrons. The van der Waals surface area contributed by atoms with Gasteiger partial charge in [-0.1, -0.05) is 11.3 Å². The lowest BCUT2D eigenvalue weighted by molar-refractivity contribution is -0.132. The highest BCUT2D eigenvalue weighted by atomic mass is 32.2. The molecule has 2 aliphatic rings. The van der Waals surface area contributed by atoms with E-state index in [1.807, 2.05) is 11.8 Å². The summed E-state index contributed by atoms with van der Waals surface area (Å²) in [7, 11) is -2.40. The van der Waals surface area contributed by atoms with Gasteiger partial charge in [0.25, 0.3) is 12.3 Å². The average molecular weight is 528 g/mol. The first-order valence-corrected chi connectivity index (χ1v) is 13.2. The standard InChI is InChI=1S/C20H23F2N7O4S2/c1-20(3-4-20)27-35(31,32)11-7-12(28-5-6-33-14(10-28)17(30)23-2)13-8-24-16(29(13)9-11)19-26-25-18(34-19)15(21)22/h7-9,14-15,27H,3-6,10H2,1-2H3,(H,23,30). The molecule has 4 heterocycles. The Kier molecular flexibility index (Phi) is 5.97. The van der Waals surface area contributed by atoms with Gasteiger partial charge in [0, 0.05) is 25.3 Å². The van der Waals surface area contributed by atoms with Crippen LogP contribution >= 0.6 is 11.3 Å². The highest BCUT2D eigenvalue weighted by molar-refractivity contribution is 7.89. The normalized spacial score (nSPS) is 19.9. The number of aromatic nitrogens is 4. The number of anilines is 1. The Bertz CT molecular complexity index is 1390. The fraction of sp³-hybridized carbons (Fsp3) is 0.500. The van der Waals surface area contributed by atoms with Gasteiger partial charge < -0.3 is 15.0 Å². The van der Waals surface area contributed by atoms with Crippen LogP contribution in [0.3, 0.4) is 0 Å². The number of nitrogens with one attached hydrogen (secondary N) is 2. The number of nitrogens with zero attached hydrogens (tertiary/aromatic N) is 5. The van der Waals surface area contributed by atoms with Gasteiger partial charge in [-0.05, 0) is 25.8 Å². The number of halogens is 2. The maximum Gasteiger partial charge on any atom is 0.291 e. The molecule has 1 amide bonds. The van der Waals surface area contributed by atoms with Crippen molar-refractivity contribution < 1.29 is 26.7 Å². The fourth-order valence-corrected chi connectivity index (χ4v) is 6.06. The van der Waals surface area contributed by atoms with Gasteiger partial charge in [-0.25, -0.2) is 26.9 Å². The number of alkyl halides is 2. The summed E-state index contributed by atoms with van der Waals surface area (Å²) in [6, 6.07) is 1.53. The maximum absolute atomic E-state index is 13.3. The maximum atomic E-state index is 13.3. The van der Waals surface area contributed by atoms with Crippen LogP contribution in [0.2, 0.25) is 0 Å². The zero-order chi connectivity index (χ0) is 25.0. The summed E-state index contributed by atoms with van der Waals surface area (Å²) in [6.45, 7) is 2.69. The van der Waals surface area contributed by atoms with E-state index in [0.717, 1.165) is 12.8 Å². The molecule has 35 heavy (non-hydrogen) atoms. The smallest absolute Gasteiger partial charge is 0.291 e. The van der Waals surface area contributed by atoms with Crippen LogP contribution in [-0.2, 0) is 19.6 Å². The summed E-state index contributed by atoms with van der Waals surface area (Å²) >= 11 is 0.688. The van der Waals surface area contributed by atoms with Gasteiger partial charge in [0.1, 0.15) is 4.90 Å². The first-order chi connectivity index (χ1) is 16.6. The molecule has 3 aromatic heterocycles. The Morgan fingerprint density at radius 2 is 2.11 bits per heavy atom. The predicted molar refractivity (Wildman–Crippen MR) is 123 cm³/mol. The molecule has 1 saturated carbocycles. The first-order valence-electron chi connectivity index (χ1n) is 10.9. The lowest BCUT2D eigenvalue weighted by atomic mass is 10.2. The van der Waals surface area contributed by atoms with Gasteiger partial charge >= 0.3 is 0 Å². The first kappa shape index (κ1) is 24.0. The third-order valence-electron chi connectivity index (χ3n) is 6.05. The fourth-order valence-electron chi connectivity index (χ4n) is 3.89. The van der Waals surface area contributed by atoms with Crippen LogP contribution in [0.5, 0.6) is 0 Å². The SMILES string of the molecule is CNC(=O)C1CN(c2cc(S(=O)(=O)NC3(C)CC3)cn3c(-c4nnc(C(F)F)s4)ncc23)CCO1. The van der Waals surface area contributed by atoms with Crippen LogP contribution in [0.4, 0.5) is 14.5 Å². The number of carbonyl (C=O) groups is 1. The molecule has 2 fully saturated rings. The Labute approximate surface area is 203 Å². The molecule has 0 aromatic carbocycles. The van der Waals surface area contributed by atoms with Crippen molar-refractivity contribution in [2.45, 2.75) is 42.7 Å². The van der Waals surface area contributed by atoms with Crippen LogP contribution in [-0.4, -0.2) is 72.3 Å². The van der Waals surface area contributed by atoms with Gasteiger partial charge in [0.2, 0.25) is 10.0 Å². The van der Waals surface area contributed by atoms with E-state index in [-0.39, 0.29) is 34.8 Å². The second-order valence-corrected chi connectivity index (χ2v) is 11.4. The zero-order valence-corrected chi connectivity index (χ0v) is 20.5. The summed E-state index contributed by atoms with van der Waals surface area (Å²) < 4.78 is 62.6. The molecule has 1 aliphatic heterocycles. The van der Waals surface area contributed by atoms with E-state index in [2.05, 4.69) is 25.2 Å². The quantitative estimate of drug-likeness (QED) is 0.474. The van der Waals surface area contributed by atoms with E-state index in [9.17, 15) is 22.0 Å². The Hall–Kier alpha value is -2.75. The summed E-state index contributed by atoms with van der Waals surface area (Å²) in [5, 5.41) is 9.59. The molecule has 0 bridgehead atoms. The molecular formula is C20H23F2N7O4S2. The molecule has 0 spiro atoms. The Balaban J connectivity index is 1.63. The molecule has 5 rings (SSSR count). The summed E-state index contributed by atoms with van der Waals surface area (Å²) in [5.41, 5.74) is 0.548.